The maximum Gasteiger partial charge on any atom is 0.257 e. The summed E-state index contributed by atoms with van der Waals surface area (Å²) in [5, 5.41) is 0. The predicted molar refractivity (Wildman–Crippen MR) is 72.1 cm³/mol. The van der Waals surface area contributed by atoms with Gasteiger partial charge in [-0.3, -0.25) is 4.79 Å². The zero-order chi connectivity index (χ0) is 14.5. The molecule has 106 valence electrons. The minimum Gasteiger partial charge on any atom is -0.494 e. The van der Waals surface area contributed by atoms with Crippen LogP contribution >= 0.6 is 0 Å². The lowest BCUT2D eigenvalue weighted by Gasteiger charge is -2.20. The molecule has 1 heterocycles. The van der Waals surface area contributed by atoms with Crippen LogP contribution in [0.4, 0.5) is 4.39 Å². The molecule has 1 aromatic heterocycles. The van der Waals surface area contributed by atoms with Crippen LogP contribution in [0.25, 0.3) is 0 Å². The summed E-state index contributed by atoms with van der Waals surface area (Å²) < 4.78 is 23.4. The van der Waals surface area contributed by atoms with Gasteiger partial charge in [0.15, 0.2) is 11.6 Å². The number of methoxy groups -OCH3 is 1. The van der Waals surface area contributed by atoms with E-state index >= 15 is 0 Å². The highest BCUT2D eigenvalue weighted by Gasteiger charge is 2.16. The molecule has 0 aliphatic rings. The fourth-order valence-electron chi connectivity index (χ4n) is 1.92. The van der Waals surface area contributed by atoms with Gasteiger partial charge in [-0.2, -0.15) is 0 Å². The highest BCUT2D eigenvalue weighted by Crippen LogP contribution is 2.19. The number of hydrogen-bond donors (Lipinski definition) is 0. The number of carbonyl (C=O) groups excluding carboxylic acids is 1. The molecule has 20 heavy (non-hydrogen) atoms. The third-order valence-electron chi connectivity index (χ3n) is 3.03. The number of benzene rings is 1. The van der Waals surface area contributed by atoms with Crippen LogP contribution in [0.3, 0.4) is 0 Å². The van der Waals surface area contributed by atoms with Gasteiger partial charge in [0.05, 0.1) is 18.9 Å². The molecular formula is C15H16FNO3. The van der Waals surface area contributed by atoms with Crippen molar-refractivity contribution in [2.45, 2.75) is 13.5 Å². The highest BCUT2D eigenvalue weighted by molar-refractivity contribution is 5.93. The smallest absolute Gasteiger partial charge is 0.257 e. The van der Waals surface area contributed by atoms with E-state index in [0.717, 1.165) is 0 Å². The molecule has 0 fully saturated rings. The fourth-order valence-corrected chi connectivity index (χ4v) is 1.92. The zero-order valence-electron chi connectivity index (χ0n) is 11.4. The summed E-state index contributed by atoms with van der Waals surface area (Å²) in [6.07, 6.45) is 2.85. The maximum atomic E-state index is 13.6. The average Bonchev–Trinajstić information content (AvgIpc) is 2.98. The standard InChI is InChI=1S/C15H16FNO3/c1-3-17(15(18)12-6-7-20-10-12)9-11-4-5-14(19-2)13(16)8-11/h4-8,10H,3,9H2,1-2H3. The van der Waals surface area contributed by atoms with Crippen molar-refractivity contribution in [3.63, 3.8) is 0 Å². The molecule has 5 heteroatoms. The molecule has 1 aromatic carbocycles. The Bertz CT molecular complexity index is 581. The van der Waals surface area contributed by atoms with Gasteiger partial charge in [0.25, 0.3) is 5.91 Å². The van der Waals surface area contributed by atoms with Crippen molar-refractivity contribution < 1.29 is 18.3 Å². The molecule has 0 bridgehead atoms. The topological polar surface area (TPSA) is 42.7 Å². The molecule has 1 amide bonds. The number of ether oxygens (including phenoxy) is 1. The number of rotatable bonds is 5. The minimum absolute atomic E-state index is 0.141. The quantitative estimate of drug-likeness (QED) is 0.843. The molecule has 0 aliphatic heterocycles. The van der Waals surface area contributed by atoms with Gasteiger partial charge in [-0.05, 0) is 30.7 Å². The summed E-state index contributed by atoms with van der Waals surface area (Å²) in [5.41, 5.74) is 1.20. The number of nitrogens with zero attached hydrogens (tertiary/aromatic N) is 1. The van der Waals surface area contributed by atoms with Gasteiger partial charge in [-0.25, -0.2) is 4.39 Å². The van der Waals surface area contributed by atoms with Crippen molar-refractivity contribution in [1.29, 1.82) is 0 Å². The molecule has 2 rings (SSSR count). The average molecular weight is 277 g/mol. The normalized spacial score (nSPS) is 10.3. The third kappa shape index (κ3) is 2.99. The first-order chi connectivity index (χ1) is 9.65. The SMILES string of the molecule is CCN(Cc1ccc(OC)c(F)c1)C(=O)c1ccoc1. The lowest BCUT2D eigenvalue weighted by molar-refractivity contribution is 0.0751. The van der Waals surface area contributed by atoms with E-state index in [-0.39, 0.29) is 11.7 Å². The van der Waals surface area contributed by atoms with Crippen molar-refractivity contribution >= 4 is 5.91 Å². The number of amides is 1. The van der Waals surface area contributed by atoms with Crippen molar-refractivity contribution in [1.82, 2.24) is 4.90 Å². The monoisotopic (exact) mass is 277 g/mol. The highest BCUT2D eigenvalue weighted by atomic mass is 19.1. The molecule has 0 radical (unpaired) electrons. The van der Waals surface area contributed by atoms with Gasteiger partial charge in [-0.15, -0.1) is 0 Å². The number of halogens is 1. The summed E-state index contributed by atoms with van der Waals surface area (Å²) >= 11 is 0. The van der Waals surface area contributed by atoms with E-state index in [0.29, 0.717) is 24.2 Å². The van der Waals surface area contributed by atoms with Gasteiger partial charge < -0.3 is 14.1 Å². The van der Waals surface area contributed by atoms with E-state index in [1.54, 1.807) is 23.1 Å². The lowest BCUT2D eigenvalue weighted by Crippen LogP contribution is -2.30. The molecule has 0 unspecified atom stereocenters. The Labute approximate surface area is 116 Å². The molecular weight excluding hydrogens is 261 g/mol. The van der Waals surface area contributed by atoms with Crippen LogP contribution in [-0.2, 0) is 6.54 Å². The Morgan fingerprint density at radius 3 is 2.75 bits per heavy atom. The Kier molecular flexibility index (Phi) is 4.40. The summed E-state index contributed by atoms with van der Waals surface area (Å²) in [5.74, 6) is -0.382. The molecule has 2 aromatic rings. The zero-order valence-corrected chi connectivity index (χ0v) is 11.4. The second-order valence-electron chi connectivity index (χ2n) is 4.30. The number of hydrogen-bond acceptors (Lipinski definition) is 3. The lowest BCUT2D eigenvalue weighted by atomic mass is 10.2. The van der Waals surface area contributed by atoms with Crippen LogP contribution in [0.2, 0.25) is 0 Å². The number of carbonyl (C=O) groups is 1. The van der Waals surface area contributed by atoms with Gasteiger partial charge in [0.2, 0.25) is 0 Å². The van der Waals surface area contributed by atoms with Gasteiger partial charge in [0, 0.05) is 13.1 Å². The van der Waals surface area contributed by atoms with E-state index in [1.165, 1.54) is 25.7 Å². The van der Waals surface area contributed by atoms with Crippen molar-refractivity contribution in [2.75, 3.05) is 13.7 Å². The van der Waals surface area contributed by atoms with Crippen LogP contribution in [-0.4, -0.2) is 24.5 Å². The van der Waals surface area contributed by atoms with Crippen LogP contribution in [0.15, 0.2) is 41.2 Å². The third-order valence-corrected chi connectivity index (χ3v) is 3.03. The second kappa shape index (κ2) is 6.23. The molecule has 0 atom stereocenters. The second-order valence-corrected chi connectivity index (χ2v) is 4.30. The summed E-state index contributed by atoms with van der Waals surface area (Å²) in [6.45, 7) is 2.73. The van der Waals surface area contributed by atoms with Crippen molar-refractivity contribution in [3.05, 3.63) is 53.7 Å². The van der Waals surface area contributed by atoms with Crippen LogP contribution in [0.5, 0.6) is 5.75 Å². The Morgan fingerprint density at radius 1 is 1.40 bits per heavy atom. The number of furan rings is 1. The minimum atomic E-state index is -0.434. The van der Waals surface area contributed by atoms with Crippen molar-refractivity contribution in [3.8, 4) is 5.75 Å². The Morgan fingerprint density at radius 2 is 2.20 bits per heavy atom. The van der Waals surface area contributed by atoms with Gasteiger partial charge >= 0.3 is 0 Å². The predicted octanol–water partition coefficient (Wildman–Crippen LogP) is 3.09. The van der Waals surface area contributed by atoms with Crippen molar-refractivity contribution in [2.24, 2.45) is 0 Å². The van der Waals surface area contributed by atoms with Crippen LogP contribution in [0, 0.1) is 5.82 Å². The molecule has 0 N–H and O–H groups in total. The van der Waals surface area contributed by atoms with Gasteiger partial charge in [0.1, 0.15) is 6.26 Å². The van der Waals surface area contributed by atoms with E-state index in [2.05, 4.69) is 0 Å². The van der Waals surface area contributed by atoms with E-state index in [9.17, 15) is 9.18 Å². The molecule has 0 spiro atoms. The fraction of sp³-hybridized carbons (Fsp3) is 0.267. The molecule has 4 nitrogen and oxygen atoms in total. The Hall–Kier alpha value is -2.30. The van der Waals surface area contributed by atoms with Crippen LogP contribution in [0.1, 0.15) is 22.8 Å². The molecule has 0 aliphatic carbocycles. The maximum absolute atomic E-state index is 13.6. The molecule has 0 saturated heterocycles. The summed E-state index contributed by atoms with van der Waals surface area (Å²) in [7, 11) is 1.42. The summed E-state index contributed by atoms with van der Waals surface area (Å²) in [4.78, 5) is 13.8. The van der Waals surface area contributed by atoms with E-state index in [4.69, 9.17) is 9.15 Å². The first-order valence-corrected chi connectivity index (χ1v) is 6.29. The largest absolute Gasteiger partial charge is 0.494 e. The first kappa shape index (κ1) is 14.1. The van der Waals surface area contributed by atoms with Gasteiger partial charge in [-0.1, -0.05) is 6.07 Å². The van der Waals surface area contributed by atoms with E-state index < -0.39 is 5.82 Å². The summed E-state index contributed by atoms with van der Waals surface area (Å²) in [6, 6.07) is 6.29. The first-order valence-electron chi connectivity index (χ1n) is 6.29. The Balaban J connectivity index is 2.14. The van der Waals surface area contributed by atoms with E-state index in [1.807, 2.05) is 6.92 Å². The molecule has 0 saturated carbocycles. The van der Waals surface area contributed by atoms with Crippen LogP contribution < -0.4 is 4.74 Å².